The maximum Gasteiger partial charge on any atom is 0.194 e. The van der Waals surface area contributed by atoms with Crippen molar-refractivity contribution in [3.05, 3.63) is 42.0 Å². The number of nitrogens with one attached hydrogen (secondary N) is 2. The Morgan fingerprint density at radius 2 is 2.18 bits per heavy atom. The Balaban J connectivity index is 1.50. The van der Waals surface area contributed by atoms with E-state index in [9.17, 15) is 0 Å². The number of hydrogen-bond acceptors (Lipinski definition) is 6. The summed E-state index contributed by atoms with van der Waals surface area (Å²) in [6, 6.07) is 9.65. The second-order valence-corrected chi connectivity index (χ2v) is 5.13. The fraction of sp³-hybridized carbons (Fsp3) is 0.400. The SMILES string of the molecule is CN1CCCN=C1NCc1n[nH]c(COc2ccccc2)n1. The lowest BCUT2D eigenvalue weighted by Crippen LogP contribution is -2.41. The molecule has 0 radical (unpaired) electrons. The van der Waals surface area contributed by atoms with E-state index in [2.05, 4.69) is 30.4 Å². The Bertz CT molecular complexity index is 624. The number of hydrogen-bond donors (Lipinski definition) is 2. The number of benzene rings is 1. The summed E-state index contributed by atoms with van der Waals surface area (Å²) in [5, 5.41) is 10.3. The molecule has 0 unspecified atom stereocenters. The van der Waals surface area contributed by atoms with Crippen LogP contribution in [0.15, 0.2) is 35.3 Å². The number of H-pyrrole nitrogens is 1. The second kappa shape index (κ2) is 6.93. The number of aromatic nitrogens is 3. The first-order valence-corrected chi connectivity index (χ1v) is 7.39. The molecule has 2 aromatic rings. The first-order valence-electron chi connectivity index (χ1n) is 7.39. The Kier molecular flexibility index (Phi) is 4.53. The largest absolute Gasteiger partial charge is 0.486 e. The highest BCUT2D eigenvalue weighted by Crippen LogP contribution is 2.09. The molecule has 3 rings (SSSR count). The lowest BCUT2D eigenvalue weighted by Gasteiger charge is -2.25. The van der Waals surface area contributed by atoms with E-state index < -0.39 is 0 Å². The number of para-hydroxylation sites is 1. The smallest absolute Gasteiger partial charge is 0.194 e. The fourth-order valence-electron chi connectivity index (χ4n) is 2.22. The average Bonchev–Trinajstić information content (AvgIpc) is 3.01. The maximum atomic E-state index is 5.63. The van der Waals surface area contributed by atoms with Crippen LogP contribution in [0, 0.1) is 0 Å². The molecule has 7 heteroatoms. The van der Waals surface area contributed by atoms with Crippen molar-refractivity contribution in [1.29, 1.82) is 0 Å². The highest BCUT2D eigenvalue weighted by Gasteiger charge is 2.11. The van der Waals surface area contributed by atoms with E-state index in [0.29, 0.717) is 24.8 Å². The van der Waals surface area contributed by atoms with Crippen LogP contribution in [-0.4, -0.2) is 46.2 Å². The standard InChI is InChI=1S/C15H20N6O/c1-21-9-5-8-16-15(21)17-10-13-18-14(20-19-13)11-22-12-6-3-2-4-7-12/h2-4,6-7H,5,8-11H2,1H3,(H,16,17)(H,18,19,20). The molecule has 1 aliphatic heterocycles. The van der Waals surface area contributed by atoms with Crippen LogP contribution in [0.4, 0.5) is 0 Å². The number of guanidine groups is 1. The first-order chi connectivity index (χ1) is 10.8. The molecule has 116 valence electrons. The van der Waals surface area contributed by atoms with Crippen molar-refractivity contribution in [2.24, 2.45) is 4.99 Å². The summed E-state index contributed by atoms with van der Waals surface area (Å²) in [7, 11) is 2.03. The Hall–Kier alpha value is -2.57. The van der Waals surface area contributed by atoms with Crippen LogP contribution in [0.1, 0.15) is 18.1 Å². The van der Waals surface area contributed by atoms with Crippen LogP contribution in [0.2, 0.25) is 0 Å². The van der Waals surface area contributed by atoms with Gasteiger partial charge in [0.15, 0.2) is 17.6 Å². The monoisotopic (exact) mass is 300 g/mol. The van der Waals surface area contributed by atoms with E-state index in [1.807, 2.05) is 37.4 Å². The Morgan fingerprint density at radius 3 is 3.00 bits per heavy atom. The van der Waals surface area contributed by atoms with Crippen LogP contribution in [0.5, 0.6) is 5.75 Å². The van der Waals surface area contributed by atoms with Crippen molar-refractivity contribution >= 4 is 5.96 Å². The molecule has 1 aromatic carbocycles. The molecule has 0 saturated heterocycles. The van der Waals surface area contributed by atoms with E-state index >= 15 is 0 Å². The van der Waals surface area contributed by atoms with Gasteiger partial charge in [-0.15, -0.1) is 0 Å². The number of aromatic amines is 1. The molecule has 0 aliphatic carbocycles. The van der Waals surface area contributed by atoms with Gasteiger partial charge in [-0.05, 0) is 18.6 Å². The normalized spacial score (nSPS) is 14.6. The molecule has 0 bridgehead atoms. The maximum absolute atomic E-state index is 5.63. The molecule has 0 atom stereocenters. The molecule has 7 nitrogen and oxygen atoms in total. The molecule has 2 N–H and O–H groups in total. The average molecular weight is 300 g/mol. The van der Waals surface area contributed by atoms with Gasteiger partial charge in [-0.2, -0.15) is 5.10 Å². The summed E-state index contributed by atoms with van der Waals surface area (Å²) in [6.45, 7) is 2.82. The number of nitrogens with zero attached hydrogens (tertiary/aromatic N) is 4. The van der Waals surface area contributed by atoms with Crippen LogP contribution < -0.4 is 10.1 Å². The molecule has 22 heavy (non-hydrogen) atoms. The van der Waals surface area contributed by atoms with Gasteiger partial charge >= 0.3 is 0 Å². The zero-order valence-electron chi connectivity index (χ0n) is 12.6. The van der Waals surface area contributed by atoms with Gasteiger partial charge in [0.2, 0.25) is 0 Å². The second-order valence-electron chi connectivity index (χ2n) is 5.13. The Morgan fingerprint density at radius 1 is 1.32 bits per heavy atom. The van der Waals surface area contributed by atoms with E-state index in [-0.39, 0.29) is 0 Å². The number of ether oxygens (including phenoxy) is 1. The molecule has 1 aliphatic rings. The van der Waals surface area contributed by atoms with E-state index in [1.165, 1.54) is 0 Å². The van der Waals surface area contributed by atoms with Gasteiger partial charge in [-0.25, -0.2) is 4.98 Å². The van der Waals surface area contributed by atoms with E-state index in [1.54, 1.807) is 0 Å². The molecule has 1 aromatic heterocycles. The molecule has 2 heterocycles. The molecular formula is C15H20N6O. The topological polar surface area (TPSA) is 78.4 Å². The van der Waals surface area contributed by atoms with Crippen molar-refractivity contribution in [2.75, 3.05) is 20.1 Å². The van der Waals surface area contributed by atoms with Crippen molar-refractivity contribution in [3.63, 3.8) is 0 Å². The summed E-state index contributed by atoms with van der Waals surface area (Å²) < 4.78 is 5.63. The fourth-order valence-corrected chi connectivity index (χ4v) is 2.22. The molecular weight excluding hydrogens is 280 g/mol. The predicted molar refractivity (Wildman–Crippen MR) is 83.5 cm³/mol. The van der Waals surface area contributed by atoms with Crippen molar-refractivity contribution in [2.45, 2.75) is 19.6 Å². The lowest BCUT2D eigenvalue weighted by atomic mass is 10.3. The highest BCUT2D eigenvalue weighted by atomic mass is 16.5. The summed E-state index contributed by atoms with van der Waals surface area (Å²) in [6.07, 6.45) is 1.10. The van der Waals surface area contributed by atoms with Crippen LogP contribution in [-0.2, 0) is 13.2 Å². The van der Waals surface area contributed by atoms with Gasteiger partial charge < -0.3 is 15.0 Å². The summed E-state index contributed by atoms with van der Waals surface area (Å²) in [4.78, 5) is 11.0. The third kappa shape index (κ3) is 3.75. The highest BCUT2D eigenvalue weighted by molar-refractivity contribution is 5.80. The number of aliphatic imine (C=N–C) groups is 1. The lowest BCUT2D eigenvalue weighted by molar-refractivity contribution is 0.296. The zero-order chi connectivity index (χ0) is 15.2. The molecule has 0 amide bonds. The first kappa shape index (κ1) is 14.4. The minimum atomic E-state index is 0.373. The van der Waals surface area contributed by atoms with Gasteiger partial charge in [0.1, 0.15) is 12.4 Å². The quantitative estimate of drug-likeness (QED) is 0.866. The predicted octanol–water partition coefficient (Wildman–Crippen LogP) is 1.16. The van der Waals surface area contributed by atoms with Gasteiger partial charge in [-0.1, -0.05) is 18.2 Å². The molecule has 0 saturated carbocycles. The van der Waals surface area contributed by atoms with E-state index in [4.69, 9.17) is 4.74 Å². The van der Waals surface area contributed by atoms with Crippen LogP contribution >= 0.6 is 0 Å². The van der Waals surface area contributed by atoms with Gasteiger partial charge in [0, 0.05) is 20.1 Å². The summed E-state index contributed by atoms with van der Waals surface area (Å²) in [5.41, 5.74) is 0. The van der Waals surface area contributed by atoms with E-state index in [0.717, 1.165) is 31.2 Å². The summed E-state index contributed by atoms with van der Waals surface area (Å²) >= 11 is 0. The van der Waals surface area contributed by atoms with Crippen molar-refractivity contribution in [3.8, 4) is 5.75 Å². The van der Waals surface area contributed by atoms with Gasteiger partial charge in [0.25, 0.3) is 0 Å². The zero-order valence-corrected chi connectivity index (χ0v) is 12.6. The number of rotatable bonds is 5. The van der Waals surface area contributed by atoms with Crippen LogP contribution in [0.3, 0.4) is 0 Å². The van der Waals surface area contributed by atoms with Gasteiger partial charge in [0.05, 0.1) is 6.54 Å². The van der Waals surface area contributed by atoms with Gasteiger partial charge in [-0.3, -0.25) is 10.1 Å². The van der Waals surface area contributed by atoms with Crippen molar-refractivity contribution in [1.82, 2.24) is 25.4 Å². The third-order valence-corrected chi connectivity index (χ3v) is 3.38. The third-order valence-electron chi connectivity index (χ3n) is 3.38. The minimum absolute atomic E-state index is 0.373. The van der Waals surface area contributed by atoms with Crippen molar-refractivity contribution < 1.29 is 4.74 Å². The molecule has 0 spiro atoms. The summed E-state index contributed by atoms with van der Waals surface area (Å²) in [5.74, 6) is 3.13. The minimum Gasteiger partial charge on any atom is -0.486 e. The molecule has 0 fully saturated rings. The Labute approximate surface area is 129 Å². The van der Waals surface area contributed by atoms with Crippen LogP contribution in [0.25, 0.3) is 0 Å².